The first-order valence-corrected chi connectivity index (χ1v) is 5.23. The van der Waals surface area contributed by atoms with Crippen LogP contribution in [-0.2, 0) is 7.05 Å². The second-order valence-electron chi connectivity index (χ2n) is 3.74. The molecular formula is C11H8ClFN2O3. The van der Waals surface area contributed by atoms with E-state index < -0.39 is 22.8 Å². The first-order valence-electron chi connectivity index (χ1n) is 4.85. The van der Waals surface area contributed by atoms with Gasteiger partial charge >= 0.3 is 5.97 Å². The van der Waals surface area contributed by atoms with E-state index in [0.717, 1.165) is 6.07 Å². The van der Waals surface area contributed by atoms with E-state index in [-0.39, 0.29) is 21.7 Å². The summed E-state index contributed by atoms with van der Waals surface area (Å²) >= 11 is 5.62. The van der Waals surface area contributed by atoms with Crippen LogP contribution in [0.3, 0.4) is 0 Å². The fourth-order valence-electron chi connectivity index (χ4n) is 1.75. The summed E-state index contributed by atoms with van der Waals surface area (Å²) in [4.78, 5) is 22.9. The molecule has 0 spiro atoms. The molecule has 0 bridgehead atoms. The van der Waals surface area contributed by atoms with Crippen molar-refractivity contribution in [1.29, 1.82) is 0 Å². The average molecular weight is 271 g/mol. The Bertz CT molecular complexity index is 739. The minimum absolute atomic E-state index is 0.0778. The van der Waals surface area contributed by atoms with Crippen LogP contribution in [0.4, 0.5) is 10.2 Å². The summed E-state index contributed by atoms with van der Waals surface area (Å²) in [7, 11) is 1.47. The summed E-state index contributed by atoms with van der Waals surface area (Å²) in [6.45, 7) is 0. The van der Waals surface area contributed by atoms with Gasteiger partial charge in [-0.25, -0.2) is 9.18 Å². The Labute approximate surface area is 105 Å². The Hall–Kier alpha value is -2.08. The highest BCUT2D eigenvalue weighted by atomic mass is 35.5. The van der Waals surface area contributed by atoms with Crippen LogP contribution in [0, 0.1) is 5.82 Å². The molecule has 0 amide bonds. The molecule has 0 atom stereocenters. The van der Waals surface area contributed by atoms with Crippen molar-refractivity contribution in [2.45, 2.75) is 0 Å². The molecule has 0 aliphatic heterocycles. The number of nitrogens with zero attached hydrogens (tertiary/aromatic N) is 1. The molecule has 0 aliphatic rings. The van der Waals surface area contributed by atoms with Crippen molar-refractivity contribution in [3.05, 3.63) is 38.8 Å². The van der Waals surface area contributed by atoms with Crippen LogP contribution < -0.4 is 11.2 Å². The lowest BCUT2D eigenvalue weighted by molar-refractivity contribution is 0.0696. The maximum Gasteiger partial charge on any atom is 0.343 e. The Balaban J connectivity index is 3.08. The predicted molar refractivity (Wildman–Crippen MR) is 65.5 cm³/mol. The van der Waals surface area contributed by atoms with Gasteiger partial charge in [0.2, 0.25) is 5.43 Å². The Morgan fingerprint density at radius 1 is 1.50 bits per heavy atom. The lowest BCUT2D eigenvalue weighted by Crippen LogP contribution is -2.22. The lowest BCUT2D eigenvalue weighted by Gasteiger charge is -2.12. The number of nitrogen functional groups attached to an aromatic ring is 1. The Morgan fingerprint density at radius 3 is 2.67 bits per heavy atom. The molecule has 3 N–H and O–H groups in total. The minimum atomic E-state index is -1.45. The smallest absolute Gasteiger partial charge is 0.343 e. The fraction of sp³-hybridized carbons (Fsp3) is 0.0909. The van der Waals surface area contributed by atoms with E-state index in [9.17, 15) is 14.0 Å². The van der Waals surface area contributed by atoms with Crippen LogP contribution in [0.1, 0.15) is 10.4 Å². The molecule has 2 aromatic rings. The number of hydrogen-bond donors (Lipinski definition) is 2. The van der Waals surface area contributed by atoms with Crippen molar-refractivity contribution in [3.8, 4) is 0 Å². The Kier molecular flexibility index (Phi) is 2.74. The summed E-state index contributed by atoms with van der Waals surface area (Å²) in [5, 5.41) is 8.70. The molecule has 1 aromatic carbocycles. The average Bonchev–Trinajstić information content (AvgIpc) is 2.29. The van der Waals surface area contributed by atoms with Gasteiger partial charge in [0.25, 0.3) is 0 Å². The zero-order chi connectivity index (χ0) is 13.6. The van der Waals surface area contributed by atoms with E-state index in [1.807, 2.05) is 0 Å². The number of carbonyl (C=O) groups is 1. The van der Waals surface area contributed by atoms with Crippen molar-refractivity contribution in [1.82, 2.24) is 4.57 Å². The van der Waals surface area contributed by atoms with E-state index >= 15 is 0 Å². The molecule has 0 saturated heterocycles. The Morgan fingerprint density at radius 2 is 2.11 bits per heavy atom. The van der Waals surface area contributed by atoms with Gasteiger partial charge in [-0.1, -0.05) is 11.6 Å². The predicted octanol–water partition coefficient (Wildman–Crippen LogP) is 1.61. The molecule has 1 aromatic heterocycles. The van der Waals surface area contributed by atoms with Crippen LogP contribution in [0.5, 0.6) is 0 Å². The molecule has 0 saturated carbocycles. The van der Waals surface area contributed by atoms with Crippen molar-refractivity contribution in [3.63, 3.8) is 0 Å². The van der Waals surface area contributed by atoms with Gasteiger partial charge in [-0.05, 0) is 12.1 Å². The zero-order valence-electron chi connectivity index (χ0n) is 9.20. The molecule has 1 heterocycles. The molecule has 18 heavy (non-hydrogen) atoms. The van der Waals surface area contributed by atoms with Crippen molar-refractivity contribution >= 4 is 34.3 Å². The number of pyridine rings is 1. The van der Waals surface area contributed by atoms with E-state index in [1.54, 1.807) is 0 Å². The number of hydrogen-bond acceptors (Lipinski definition) is 3. The first kappa shape index (κ1) is 12.4. The van der Waals surface area contributed by atoms with E-state index in [4.69, 9.17) is 22.4 Å². The number of rotatable bonds is 1. The summed E-state index contributed by atoms with van der Waals surface area (Å²) in [5.74, 6) is -2.45. The topological polar surface area (TPSA) is 85.3 Å². The van der Waals surface area contributed by atoms with Gasteiger partial charge < -0.3 is 15.4 Å². The van der Waals surface area contributed by atoms with Gasteiger partial charge in [0.1, 0.15) is 17.2 Å². The zero-order valence-corrected chi connectivity index (χ0v) is 9.95. The molecule has 7 heteroatoms. The second-order valence-corrected chi connectivity index (χ2v) is 4.14. The highest BCUT2D eigenvalue weighted by molar-refractivity contribution is 6.31. The van der Waals surface area contributed by atoms with Gasteiger partial charge in [-0.2, -0.15) is 0 Å². The van der Waals surface area contributed by atoms with Crippen molar-refractivity contribution in [2.75, 3.05) is 5.73 Å². The fourth-order valence-corrected chi connectivity index (χ4v) is 1.91. The molecule has 94 valence electrons. The third-order valence-corrected chi connectivity index (χ3v) is 2.99. The van der Waals surface area contributed by atoms with Crippen molar-refractivity contribution < 1.29 is 14.3 Å². The van der Waals surface area contributed by atoms with Gasteiger partial charge in [0, 0.05) is 12.4 Å². The maximum atomic E-state index is 13.3. The van der Waals surface area contributed by atoms with E-state index in [0.29, 0.717) is 0 Å². The molecule has 0 aliphatic carbocycles. The maximum absolute atomic E-state index is 13.3. The number of carboxylic acids is 1. The van der Waals surface area contributed by atoms with Gasteiger partial charge in [0.15, 0.2) is 0 Å². The quantitative estimate of drug-likeness (QED) is 0.824. The molecule has 0 radical (unpaired) electrons. The number of fused-ring (bicyclic) bond motifs is 1. The second kappa shape index (κ2) is 3.99. The van der Waals surface area contributed by atoms with Crippen LogP contribution in [0.15, 0.2) is 16.9 Å². The first-order chi connectivity index (χ1) is 8.34. The summed E-state index contributed by atoms with van der Waals surface area (Å²) < 4.78 is 14.6. The molecule has 2 rings (SSSR count). The number of nitrogens with two attached hydrogens (primary N) is 1. The summed E-state index contributed by atoms with van der Waals surface area (Å²) in [6, 6.07) is 2.14. The molecular weight excluding hydrogens is 263 g/mol. The monoisotopic (exact) mass is 270 g/mol. The van der Waals surface area contributed by atoms with Gasteiger partial charge in [-0.15, -0.1) is 0 Å². The standard InChI is InChI=1S/C11H8ClFN2O3/c1-15-7-3-5(12)6(13)2-4(7)9(16)8(10(15)14)11(17)18/h2-3H,14H2,1H3,(H,17,18). The molecule has 0 fully saturated rings. The number of aromatic nitrogens is 1. The highest BCUT2D eigenvalue weighted by Gasteiger charge is 2.19. The number of carboxylic acid groups (broad SMARTS) is 1. The van der Waals surface area contributed by atoms with E-state index in [2.05, 4.69) is 0 Å². The number of aromatic carboxylic acids is 1. The number of benzene rings is 1. The van der Waals surface area contributed by atoms with Crippen LogP contribution in [0.25, 0.3) is 10.9 Å². The molecule has 5 nitrogen and oxygen atoms in total. The summed E-state index contributed by atoms with van der Waals surface area (Å²) in [6.07, 6.45) is 0. The largest absolute Gasteiger partial charge is 0.477 e. The summed E-state index contributed by atoms with van der Waals surface area (Å²) in [5.41, 5.74) is 4.45. The number of halogens is 2. The third kappa shape index (κ3) is 1.62. The van der Waals surface area contributed by atoms with Crippen molar-refractivity contribution in [2.24, 2.45) is 7.05 Å². The van der Waals surface area contributed by atoms with Crippen LogP contribution >= 0.6 is 11.6 Å². The van der Waals surface area contributed by atoms with Crippen LogP contribution in [-0.4, -0.2) is 15.6 Å². The van der Waals surface area contributed by atoms with Crippen LogP contribution in [0.2, 0.25) is 5.02 Å². The molecule has 0 unspecified atom stereocenters. The van der Waals surface area contributed by atoms with Gasteiger partial charge in [0.05, 0.1) is 10.5 Å². The number of anilines is 1. The highest BCUT2D eigenvalue weighted by Crippen LogP contribution is 2.23. The van der Waals surface area contributed by atoms with Gasteiger partial charge in [-0.3, -0.25) is 4.79 Å². The lowest BCUT2D eigenvalue weighted by atomic mass is 10.1. The van der Waals surface area contributed by atoms with E-state index in [1.165, 1.54) is 17.7 Å². The number of aryl methyl sites for hydroxylation is 1. The SMILES string of the molecule is Cn1c(N)c(C(=O)O)c(=O)c2cc(F)c(Cl)cc21. The normalized spacial score (nSPS) is 10.8. The third-order valence-electron chi connectivity index (χ3n) is 2.70. The minimum Gasteiger partial charge on any atom is -0.477 e.